The summed E-state index contributed by atoms with van der Waals surface area (Å²) in [7, 11) is 0. The van der Waals surface area contributed by atoms with E-state index in [1.54, 1.807) is 0 Å². The van der Waals surface area contributed by atoms with Gasteiger partial charge in [-0.05, 0) is 36.5 Å². The van der Waals surface area contributed by atoms with E-state index < -0.39 is 5.60 Å². The molecule has 0 radical (unpaired) electrons. The molecule has 0 saturated carbocycles. The minimum absolute atomic E-state index is 0. The summed E-state index contributed by atoms with van der Waals surface area (Å²) in [6.45, 7) is 6.31. The van der Waals surface area contributed by atoms with Crippen molar-refractivity contribution < 1.29 is 5.11 Å². The van der Waals surface area contributed by atoms with Gasteiger partial charge in [0.2, 0.25) is 0 Å². The number of hydrogen-bond donors (Lipinski definition) is 1. The summed E-state index contributed by atoms with van der Waals surface area (Å²) in [5.41, 5.74) is 3.03. The second-order valence-corrected chi connectivity index (χ2v) is 8.95. The van der Waals surface area contributed by atoms with E-state index in [0.717, 1.165) is 44.6 Å². The largest absolute Gasteiger partial charge is 0.385 e. The van der Waals surface area contributed by atoms with Crippen LogP contribution in [0.2, 0.25) is 0 Å². The maximum Gasteiger partial charge on any atom is 0.0920 e. The highest BCUT2D eigenvalue weighted by Gasteiger charge is 2.34. The Balaban J connectivity index is 0.00000231. The lowest BCUT2D eigenvalue weighted by Gasteiger charge is -2.39. The number of aromatic nitrogens is 1. The summed E-state index contributed by atoms with van der Waals surface area (Å²) in [5, 5.41) is 13.8. The van der Waals surface area contributed by atoms with Gasteiger partial charge < -0.3 is 14.6 Å². The lowest BCUT2D eigenvalue weighted by atomic mass is 9.84. The predicted molar refractivity (Wildman–Crippen MR) is 132 cm³/mol. The molecule has 1 saturated heterocycles. The Morgan fingerprint density at radius 3 is 1.87 bits per heavy atom. The van der Waals surface area contributed by atoms with E-state index in [2.05, 4.69) is 77.1 Å². The molecule has 0 aliphatic carbocycles. The smallest absolute Gasteiger partial charge is 0.0920 e. The van der Waals surface area contributed by atoms with Crippen LogP contribution in [0.25, 0.3) is 21.8 Å². The lowest BCUT2D eigenvalue weighted by molar-refractivity contribution is -0.0287. The number of rotatable bonds is 5. The molecular weight excluding hydrogens is 404 g/mol. The molecule has 4 aromatic rings. The van der Waals surface area contributed by atoms with Gasteiger partial charge in [0, 0.05) is 48.0 Å². The topological polar surface area (TPSA) is 28.4 Å². The number of hydrogen-bond acceptors (Lipinski definition) is 2. The van der Waals surface area contributed by atoms with Crippen molar-refractivity contribution in [2.45, 2.75) is 31.9 Å². The Bertz CT molecular complexity index is 1090. The number of likely N-dealkylation sites (tertiary alicyclic amines) is 1. The van der Waals surface area contributed by atoms with Crippen LogP contribution in [0.15, 0.2) is 78.9 Å². The highest BCUT2D eigenvalue weighted by molar-refractivity contribution is 6.07. The monoisotopic (exact) mass is 434 g/mol. The lowest BCUT2D eigenvalue weighted by Crippen LogP contribution is -2.44. The summed E-state index contributed by atoms with van der Waals surface area (Å²) in [5.74, 6) is 0.534. The molecule has 1 aliphatic rings. The van der Waals surface area contributed by atoms with Gasteiger partial charge in [0.25, 0.3) is 0 Å². The van der Waals surface area contributed by atoms with Crippen molar-refractivity contribution in [3.8, 4) is 0 Å². The number of benzene rings is 3. The minimum Gasteiger partial charge on any atom is -0.385 e. The van der Waals surface area contributed by atoms with Crippen LogP contribution < -0.4 is 0 Å². The molecule has 0 spiro atoms. The average Bonchev–Trinajstić information content (AvgIpc) is 3.10. The molecule has 1 fully saturated rings. The second kappa shape index (κ2) is 9.04. The van der Waals surface area contributed by atoms with E-state index in [9.17, 15) is 5.11 Å². The van der Waals surface area contributed by atoms with Crippen molar-refractivity contribution >= 4 is 34.2 Å². The zero-order chi connectivity index (χ0) is 20.6. The van der Waals surface area contributed by atoms with Gasteiger partial charge in [-0.15, -0.1) is 12.4 Å². The maximum atomic E-state index is 11.1. The van der Waals surface area contributed by atoms with Gasteiger partial charge >= 0.3 is 0 Å². The van der Waals surface area contributed by atoms with Gasteiger partial charge in [0.05, 0.1) is 5.60 Å². The Morgan fingerprint density at radius 2 is 1.29 bits per heavy atom. The standard InChI is InChI=1S/C27H30N2O.ClH/c1-21(19-28-17-15-27(30,16-18-28)22-9-3-2-4-10-22)20-29-25-13-7-5-11-23(25)24-12-6-8-14-26(24)29;/h2-14,21,30H,15-20H2,1H3;1H/t21-;/m0./s1. The molecule has 1 aliphatic heterocycles. The zero-order valence-corrected chi connectivity index (χ0v) is 18.9. The van der Waals surface area contributed by atoms with Gasteiger partial charge in [0.1, 0.15) is 0 Å². The number of nitrogens with zero attached hydrogens (tertiary/aromatic N) is 2. The third kappa shape index (κ3) is 4.23. The Labute approximate surface area is 190 Å². The first kappa shape index (κ1) is 21.9. The van der Waals surface area contributed by atoms with E-state index in [-0.39, 0.29) is 12.4 Å². The molecule has 31 heavy (non-hydrogen) atoms. The molecule has 0 bridgehead atoms. The maximum absolute atomic E-state index is 11.1. The van der Waals surface area contributed by atoms with Crippen molar-refractivity contribution in [3.05, 3.63) is 84.4 Å². The summed E-state index contributed by atoms with van der Waals surface area (Å²) in [6.07, 6.45) is 1.61. The fourth-order valence-corrected chi connectivity index (χ4v) is 5.15. The van der Waals surface area contributed by atoms with Crippen LogP contribution >= 0.6 is 12.4 Å². The van der Waals surface area contributed by atoms with Crippen molar-refractivity contribution in [1.29, 1.82) is 0 Å². The minimum atomic E-state index is -0.673. The Hall–Kier alpha value is -2.33. The van der Waals surface area contributed by atoms with Crippen LogP contribution in [0.5, 0.6) is 0 Å². The summed E-state index contributed by atoms with van der Waals surface area (Å²) in [4.78, 5) is 2.52. The van der Waals surface area contributed by atoms with Crippen LogP contribution in [0.3, 0.4) is 0 Å². The van der Waals surface area contributed by atoms with E-state index >= 15 is 0 Å². The van der Waals surface area contributed by atoms with Crippen LogP contribution in [-0.4, -0.2) is 34.2 Å². The van der Waals surface area contributed by atoms with Gasteiger partial charge in [-0.25, -0.2) is 0 Å². The fraction of sp³-hybridized carbons (Fsp3) is 0.333. The summed E-state index contributed by atoms with van der Waals surface area (Å²) in [6, 6.07) is 27.6. The van der Waals surface area contributed by atoms with Crippen molar-refractivity contribution in [2.75, 3.05) is 19.6 Å². The Morgan fingerprint density at radius 1 is 0.774 bits per heavy atom. The first-order valence-corrected chi connectivity index (χ1v) is 11.1. The second-order valence-electron chi connectivity index (χ2n) is 8.95. The average molecular weight is 435 g/mol. The molecule has 0 amide bonds. The molecule has 0 unspecified atom stereocenters. The molecule has 4 heteroatoms. The van der Waals surface area contributed by atoms with Crippen LogP contribution in [0.4, 0.5) is 0 Å². The fourth-order valence-electron chi connectivity index (χ4n) is 5.15. The van der Waals surface area contributed by atoms with E-state index in [1.165, 1.54) is 21.8 Å². The van der Waals surface area contributed by atoms with Gasteiger partial charge in [-0.2, -0.15) is 0 Å². The predicted octanol–water partition coefficient (Wildman–Crippen LogP) is 5.84. The highest BCUT2D eigenvalue weighted by Crippen LogP contribution is 2.33. The molecule has 1 N–H and O–H groups in total. The number of piperidine rings is 1. The summed E-state index contributed by atoms with van der Waals surface area (Å²) < 4.78 is 2.49. The van der Waals surface area contributed by atoms with Crippen LogP contribution in [-0.2, 0) is 12.1 Å². The van der Waals surface area contributed by atoms with E-state index in [0.29, 0.717) is 5.92 Å². The van der Waals surface area contributed by atoms with Gasteiger partial charge in [-0.3, -0.25) is 0 Å². The van der Waals surface area contributed by atoms with Crippen molar-refractivity contribution in [3.63, 3.8) is 0 Å². The number of fused-ring (bicyclic) bond motifs is 3. The van der Waals surface area contributed by atoms with Gasteiger partial charge in [0.15, 0.2) is 0 Å². The quantitative estimate of drug-likeness (QED) is 0.427. The molecule has 2 heterocycles. The normalized spacial score (nSPS) is 17.5. The van der Waals surface area contributed by atoms with E-state index in [1.807, 2.05) is 18.2 Å². The highest BCUT2D eigenvalue weighted by atomic mass is 35.5. The molecular formula is C27H31ClN2O. The Kier molecular flexibility index (Phi) is 6.38. The number of para-hydroxylation sites is 2. The zero-order valence-electron chi connectivity index (χ0n) is 18.1. The number of halogens is 1. The third-order valence-corrected chi connectivity index (χ3v) is 6.74. The van der Waals surface area contributed by atoms with Crippen molar-refractivity contribution in [1.82, 2.24) is 9.47 Å². The first-order valence-electron chi connectivity index (χ1n) is 11.1. The molecule has 3 nitrogen and oxygen atoms in total. The van der Waals surface area contributed by atoms with Gasteiger partial charge in [-0.1, -0.05) is 73.7 Å². The van der Waals surface area contributed by atoms with Crippen LogP contribution in [0, 0.1) is 5.92 Å². The van der Waals surface area contributed by atoms with Crippen LogP contribution in [0.1, 0.15) is 25.3 Å². The summed E-state index contributed by atoms with van der Waals surface area (Å²) >= 11 is 0. The third-order valence-electron chi connectivity index (χ3n) is 6.74. The van der Waals surface area contributed by atoms with E-state index in [4.69, 9.17) is 0 Å². The first-order chi connectivity index (χ1) is 14.6. The number of aliphatic hydroxyl groups is 1. The molecule has 162 valence electrons. The molecule has 1 atom stereocenters. The SMILES string of the molecule is C[C@@H](CN1CCC(O)(c2ccccc2)CC1)Cn1c2ccccc2c2ccccc21.Cl. The molecule has 1 aromatic heterocycles. The van der Waals surface area contributed by atoms with Crippen molar-refractivity contribution in [2.24, 2.45) is 5.92 Å². The molecule has 5 rings (SSSR count). The molecule has 3 aromatic carbocycles.